The number of amidine groups is 1. The molecule has 0 bridgehead atoms. The number of nitrogens with one attached hydrogen (secondary N) is 1. The fourth-order valence-corrected chi connectivity index (χ4v) is 2.10. The van der Waals surface area contributed by atoms with E-state index in [4.69, 9.17) is 10.9 Å². The van der Waals surface area contributed by atoms with Crippen molar-refractivity contribution in [2.24, 2.45) is 16.3 Å². The normalized spacial score (nSPS) is 20.7. The fraction of sp³-hybridized carbons (Fsp3) is 0.833. The third-order valence-electron chi connectivity index (χ3n) is 3.79. The summed E-state index contributed by atoms with van der Waals surface area (Å²) in [5, 5.41) is 14.5. The van der Waals surface area contributed by atoms with Crippen LogP contribution in [-0.4, -0.2) is 48.0 Å². The van der Waals surface area contributed by atoms with Gasteiger partial charge < -0.3 is 21.2 Å². The van der Waals surface area contributed by atoms with Gasteiger partial charge in [0.25, 0.3) is 0 Å². The van der Waals surface area contributed by atoms with Gasteiger partial charge in [0.05, 0.1) is 0 Å². The molecule has 1 heterocycles. The predicted molar refractivity (Wildman–Crippen MR) is 70.5 cm³/mol. The summed E-state index contributed by atoms with van der Waals surface area (Å²) in [6.45, 7) is 7.22. The lowest BCUT2D eigenvalue weighted by molar-refractivity contribution is -0.127. The standard InChI is InChI=1S/C12H24N4O2/c1-3-12(2,10(13)15-18)11(17)14-6-9-16-7-4-5-8-16/h18H,3-9H2,1-2H3,(H2,13,15)(H,14,17). The highest BCUT2D eigenvalue weighted by molar-refractivity contribution is 6.06. The van der Waals surface area contributed by atoms with Crippen molar-refractivity contribution in [2.45, 2.75) is 33.1 Å². The minimum atomic E-state index is -0.931. The number of carbonyl (C=O) groups excluding carboxylic acids is 1. The van der Waals surface area contributed by atoms with Gasteiger partial charge in [-0.3, -0.25) is 4.79 Å². The molecule has 6 nitrogen and oxygen atoms in total. The second kappa shape index (κ2) is 6.58. The Kier molecular flexibility index (Phi) is 5.40. The molecule has 0 aliphatic carbocycles. The van der Waals surface area contributed by atoms with Gasteiger partial charge in [-0.2, -0.15) is 0 Å². The summed E-state index contributed by atoms with van der Waals surface area (Å²) in [5.74, 6) is -0.219. The fourth-order valence-electron chi connectivity index (χ4n) is 2.10. The Labute approximate surface area is 108 Å². The number of rotatable bonds is 6. The molecule has 0 aromatic carbocycles. The number of likely N-dealkylation sites (tertiary alicyclic amines) is 1. The molecule has 6 heteroatoms. The smallest absolute Gasteiger partial charge is 0.233 e. The number of hydrogen-bond donors (Lipinski definition) is 3. The van der Waals surface area contributed by atoms with E-state index in [9.17, 15) is 4.79 Å². The van der Waals surface area contributed by atoms with Crippen LogP contribution in [0.5, 0.6) is 0 Å². The van der Waals surface area contributed by atoms with Gasteiger partial charge in [0, 0.05) is 13.1 Å². The molecular formula is C12H24N4O2. The maximum absolute atomic E-state index is 12.1. The first-order valence-corrected chi connectivity index (χ1v) is 6.53. The molecule has 0 aromatic rings. The van der Waals surface area contributed by atoms with Gasteiger partial charge in [-0.15, -0.1) is 0 Å². The Hall–Kier alpha value is -1.30. The van der Waals surface area contributed by atoms with Crippen molar-refractivity contribution in [3.8, 4) is 0 Å². The monoisotopic (exact) mass is 256 g/mol. The molecule has 1 unspecified atom stereocenters. The Morgan fingerprint density at radius 3 is 2.61 bits per heavy atom. The zero-order valence-corrected chi connectivity index (χ0v) is 11.3. The van der Waals surface area contributed by atoms with Crippen LogP contribution in [0.15, 0.2) is 5.16 Å². The lowest BCUT2D eigenvalue weighted by atomic mass is 9.85. The molecule has 1 rings (SSSR count). The van der Waals surface area contributed by atoms with Gasteiger partial charge in [-0.1, -0.05) is 12.1 Å². The molecule has 18 heavy (non-hydrogen) atoms. The molecule has 0 radical (unpaired) electrons. The van der Waals surface area contributed by atoms with E-state index >= 15 is 0 Å². The van der Waals surface area contributed by atoms with E-state index in [-0.39, 0.29) is 11.7 Å². The number of nitrogens with zero attached hydrogens (tertiary/aromatic N) is 2. The Bertz CT molecular complexity index is 313. The predicted octanol–water partition coefficient (Wildman–Crippen LogP) is 0.361. The Balaban J connectivity index is 2.42. The molecule has 1 aliphatic rings. The minimum absolute atomic E-state index is 0.0383. The zero-order chi connectivity index (χ0) is 13.6. The van der Waals surface area contributed by atoms with Crippen LogP contribution in [0.4, 0.5) is 0 Å². The van der Waals surface area contributed by atoms with Crippen LogP contribution in [0.1, 0.15) is 33.1 Å². The van der Waals surface area contributed by atoms with Crippen LogP contribution >= 0.6 is 0 Å². The van der Waals surface area contributed by atoms with Crippen LogP contribution in [0.25, 0.3) is 0 Å². The second-order valence-corrected chi connectivity index (χ2v) is 4.98. The van der Waals surface area contributed by atoms with Crippen LogP contribution in [-0.2, 0) is 4.79 Å². The van der Waals surface area contributed by atoms with E-state index in [1.807, 2.05) is 6.92 Å². The van der Waals surface area contributed by atoms with Crippen molar-refractivity contribution >= 4 is 11.7 Å². The van der Waals surface area contributed by atoms with Gasteiger partial charge >= 0.3 is 0 Å². The first-order valence-electron chi connectivity index (χ1n) is 6.53. The van der Waals surface area contributed by atoms with Crippen molar-refractivity contribution in [2.75, 3.05) is 26.2 Å². The van der Waals surface area contributed by atoms with E-state index < -0.39 is 5.41 Å². The van der Waals surface area contributed by atoms with Gasteiger partial charge in [0.2, 0.25) is 5.91 Å². The van der Waals surface area contributed by atoms with Crippen LogP contribution in [0, 0.1) is 5.41 Å². The molecule has 0 spiro atoms. The van der Waals surface area contributed by atoms with Crippen LogP contribution in [0.2, 0.25) is 0 Å². The largest absolute Gasteiger partial charge is 0.409 e. The number of nitrogens with two attached hydrogens (primary N) is 1. The molecule has 1 amide bonds. The average Bonchev–Trinajstić information content (AvgIpc) is 2.89. The van der Waals surface area contributed by atoms with Gasteiger partial charge in [0.1, 0.15) is 5.41 Å². The molecule has 4 N–H and O–H groups in total. The number of amides is 1. The third kappa shape index (κ3) is 3.35. The second-order valence-electron chi connectivity index (χ2n) is 4.98. The topological polar surface area (TPSA) is 91.0 Å². The highest BCUT2D eigenvalue weighted by Gasteiger charge is 2.36. The summed E-state index contributed by atoms with van der Waals surface area (Å²) in [7, 11) is 0. The molecule has 1 saturated heterocycles. The maximum atomic E-state index is 12.1. The van der Waals surface area contributed by atoms with Gasteiger partial charge in [-0.05, 0) is 39.3 Å². The van der Waals surface area contributed by atoms with Crippen LogP contribution in [0.3, 0.4) is 0 Å². The quantitative estimate of drug-likeness (QED) is 0.277. The van der Waals surface area contributed by atoms with E-state index in [0.29, 0.717) is 13.0 Å². The molecule has 1 fully saturated rings. The summed E-state index contributed by atoms with van der Waals surface area (Å²) in [6.07, 6.45) is 2.98. The van der Waals surface area contributed by atoms with E-state index in [1.165, 1.54) is 12.8 Å². The average molecular weight is 256 g/mol. The number of carbonyl (C=O) groups is 1. The summed E-state index contributed by atoms with van der Waals surface area (Å²) >= 11 is 0. The molecular weight excluding hydrogens is 232 g/mol. The molecule has 1 aliphatic heterocycles. The van der Waals surface area contributed by atoms with Crippen molar-refractivity contribution in [1.29, 1.82) is 0 Å². The van der Waals surface area contributed by atoms with Crippen molar-refractivity contribution in [1.82, 2.24) is 10.2 Å². The SMILES string of the molecule is CCC(C)(C(=O)NCCN1CCCC1)C(N)=NO. The molecule has 0 saturated carbocycles. The van der Waals surface area contributed by atoms with Gasteiger partial charge in [0.15, 0.2) is 5.84 Å². The zero-order valence-electron chi connectivity index (χ0n) is 11.3. The third-order valence-corrected chi connectivity index (χ3v) is 3.79. The molecule has 1 atom stereocenters. The van der Waals surface area contributed by atoms with Gasteiger partial charge in [-0.25, -0.2) is 0 Å². The first kappa shape index (κ1) is 14.8. The maximum Gasteiger partial charge on any atom is 0.233 e. The number of oxime groups is 1. The van der Waals surface area contributed by atoms with Crippen molar-refractivity contribution in [3.63, 3.8) is 0 Å². The van der Waals surface area contributed by atoms with E-state index in [0.717, 1.165) is 19.6 Å². The molecule has 104 valence electrons. The Morgan fingerprint density at radius 2 is 2.11 bits per heavy atom. The molecule has 0 aromatic heterocycles. The summed E-state index contributed by atoms with van der Waals surface area (Å²) in [4.78, 5) is 14.4. The summed E-state index contributed by atoms with van der Waals surface area (Å²) in [6, 6.07) is 0. The summed E-state index contributed by atoms with van der Waals surface area (Å²) in [5.41, 5.74) is 4.65. The highest BCUT2D eigenvalue weighted by atomic mass is 16.4. The van der Waals surface area contributed by atoms with Crippen molar-refractivity contribution < 1.29 is 10.0 Å². The lowest BCUT2D eigenvalue weighted by Crippen LogP contribution is -2.48. The minimum Gasteiger partial charge on any atom is -0.409 e. The van der Waals surface area contributed by atoms with E-state index in [1.54, 1.807) is 6.92 Å². The van der Waals surface area contributed by atoms with E-state index in [2.05, 4.69) is 15.4 Å². The number of hydrogen-bond acceptors (Lipinski definition) is 4. The van der Waals surface area contributed by atoms with Crippen molar-refractivity contribution in [3.05, 3.63) is 0 Å². The first-order chi connectivity index (χ1) is 8.54. The lowest BCUT2D eigenvalue weighted by Gasteiger charge is -2.25. The highest BCUT2D eigenvalue weighted by Crippen LogP contribution is 2.21. The van der Waals surface area contributed by atoms with Crippen LogP contribution < -0.4 is 11.1 Å². The Morgan fingerprint density at radius 1 is 1.50 bits per heavy atom. The summed E-state index contributed by atoms with van der Waals surface area (Å²) < 4.78 is 0.